The number of hydrogen-bond acceptors (Lipinski definition) is 3. The summed E-state index contributed by atoms with van der Waals surface area (Å²) in [6, 6.07) is 7.05. The molecule has 2 N–H and O–H groups in total. The Morgan fingerprint density at radius 1 is 1.47 bits per heavy atom. The van der Waals surface area contributed by atoms with Gasteiger partial charge in [-0.2, -0.15) is 0 Å². The third kappa shape index (κ3) is 2.14. The summed E-state index contributed by atoms with van der Waals surface area (Å²) >= 11 is 0. The van der Waals surface area contributed by atoms with Crippen LogP contribution in [0.3, 0.4) is 0 Å². The minimum absolute atomic E-state index is 0.199. The highest BCUT2D eigenvalue weighted by Gasteiger charge is 2.19. The number of para-hydroxylation sites is 1. The molecule has 0 spiro atoms. The standard InChI is InChI=1S/C13H11NO3/c1-2-7-14-8-11-12(13(15)16)9-5-3-4-6-10(9)17-11/h1,3-6,14H,7-8H2,(H,15,16). The molecule has 0 atom stereocenters. The molecule has 4 heteroatoms. The molecule has 1 heterocycles. The summed E-state index contributed by atoms with van der Waals surface area (Å²) in [5.74, 6) is 1.82. The van der Waals surface area contributed by atoms with Crippen molar-refractivity contribution in [3.63, 3.8) is 0 Å². The van der Waals surface area contributed by atoms with E-state index in [1.165, 1.54) is 0 Å². The van der Waals surface area contributed by atoms with E-state index in [1.807, 2.05) is 0 Å². The van der Waals surface area contributed by atoms with Gasteiger partial charge in [-0.25, -0.2) is 4.79 Å². The lowest BCUT2D eigenvalue weighted by atomic mass is 10.1. The fourth-order valence-corrected chi connectivity index (χ4v) is 1.70. The monoisotopic (exact) mass is 229 g/mol. The molecule has 0 saturated heterocycles. The van der Waals surface area contributed by atoms with Crippen LogP contribution < -0.4 is 5.32 Å². The van der Waals surface area contributed by atoms with Crippen molar-refractivity contribution in [2.24, 2.45) is 0 Å². The fraction of sp³-hybridized carbons (Fsp3) is 0.154. The van der Waals surface area contributed by atoms with Crippen LogP contribution in [-0.2, 0) is 6.54 Å². The first kappa shape index (κ1) is 11.2. The minimum atomic E-state index is -0.993. The normalized spacial score (nSPS) is 10.3. The average Bonchev–Trinajstić information content (AvgIpc) is 2.67. The number of fused-ring (bicyclic) bond motifs is 1. The molecule has 0 fully saturated rings. The predicted octanol–water partition coefficient (Wildman–Crippen LogP) is 1.85. The van der Waals surface area contributed by atoms with Crippen LogP contribution in [0.2, 0.25) is 0 Å². The summed E-state index contributed by atoms with van der Waals surface area (Å²) in [7, 11) is 0. The van der Waals surface area contributed by atoms with Crippen LogP contribution in [0.15, 0.2) is 28.7 Å². The highest BCUT2D eigenvalue weighted by molar-refractivity contribution is 6.03. The van der Waals surface area contributed by atoms with E-state index in [2.05, 4.69) is 11.2 Å². The van der Waals surface area contributed by atoms with Crippen molar-refractivity contribution in [1.82, 2.24) is 5.32 Å². The van der Waals surface area contributed by atoms with Gasteiger partial charge in [0.15, 0.2) is 0 Å². The molecule has 86 valence electrons. The fourth-order valence-electron chi connectivity index (χ4n) is 1.70. The summed E-state index contributed by atoms with van der Waals surface area (Å²) in [6.45, 7) is 0.677. The zero-order chi connectivity index (χ0) is 12.3. The van der Waals surface area contributed by atoms with E-state index in [9.17, 15) is 9.90 Å². The van der Waals surface area contributed by atoms with Gasteiger partial charge in [0.05, 0.1) is 13.1 Å². The van der Waals surface area contributed by atoms with Gasteiger partial charge in [-0.05, 0) is 6.07 Å². The van der Waals surface area contributed by atoms with E-state index in [0.29, 0.717) is 29.8 Å². The zero-order valence-electron chi connectivity index (χ0n) is 9.06. The van der Waals surface area contributed by atoms with Gasteiger partial charge < -0.3 is 9.52 Å². The molecule has 0 aliphatic rings. The Kier molecular flexibility index (Phi) is 3.12. The molecular weight excluding hydrogens is 218 g/mol. The van der Waals surface area contributed by atoms with E-state index in [-0.39, 0.29) is 5.56 Å². The number of terminal acetylenes is 1. The smallest absolute Gasteiger partial charge is 0.339 e. The second-order valence-electron chi connectivity index (χ2n) is 3.51. The molecule has 4 nitrogen and oxygen atoms in total. The van der Waals surface area contributed by atoms with Gasteiger partial charge in [0.1, 0.15) is 16.9 Å². The maximum Gasteiger partial charge on any atom is 0.339 e. The second kappa shape index (κ2) is 4.73. The van der Waals surface area contributed by atoms with Gasteiger partial charge in [0, 0.05) is 5.39 Å². The number of furan rings is 1. The number of carboxylic acid groups (broad SMARTS) is 1. The van der Waals surface area contributed by atoms with E-state index in [4.69, 9.17) is 10.8 Å². The third-order valence-corrected chi connectivity index (χ3v) is 2.39. The van der Waals surface area contributed by atoms with Crippen LogP contribution in [0, 0.1) is 12.3 Å². The largest absolute Gasteiger partial charge is 0.478 e. The zero-order valence-corrected chi connectivity index (χ0v) is 9.06. The first-order chi connectivity index (χ1) is 8.24. The molecule has 2 aromatic rings. The highest BCUT2D eigenvalue weighted by atomic mass is 16.4. The van der Waals surface area contributed by atoms with Gasteiger partial charge >= 0.3 is 5.97 Å². The Hall–Kier alpha value is -2.25. The SMILES string of the molecule is C#CCNCc1oc2ccccc2c1C(=O)O. The molecule has 0 amide bonds. The van der Waals surface area contributed by atoms with E-state index in [1.54, 1.807) is 24.3 Å². The summed E-state index contributed by atoms with van der Waals surface area (Å²) in [5.41, 5.74) is 0.771. The third-order valence-electron chi connectivity index (χ3n) is 2.39. The summed E-state index contributed by atoms with van der Waals surface area (Å²) in [4.78, 5) is 11.2. The molecule has 0 bridgehead atoms. The Balaban J connectivity index is 2.44. The number of carbonyl (C=O) groups is 1. The highest BCUT2D eigenvalue weighted by Crippen LogP contribution is 2.25. The lowest BCUT2D eigenvalue weighted by molar-refractivity contribution is 0.0696. The number of benzene rings is 1. The molecule has 0 radical (unpaired) electrons. The summed E-state index contributed by atoms with van der Waals surface area (Å²) in [5, 5.41) is 12.7. The van der Waals surface area contributed by atoms with E-state index >= 15 is 0 Å². The van der Waals surface area contributed by atoms with E-state index in [0.717, 1.165) is 0 Å². The molecule has 1 aromatic heterocycles. The molecule has 1 aromatic carbocycles. The van der Waals surface area contributed by atoms with Crippen molar-refractivity contribution < 1.29 is 14.3 Å². The molecule has 0 unspecified atom stereocenters. The Bertz CT molecular complexity index is 592. The van der Waals surface area contributed by atoms with Crippen LogP contribution in [0.1, 0.15) is 16.1 Å². The van der Waals surface area contributed by atoms with Crippen molar-refractivity contribution in [3.05, 3.63) is 35.6 Å². The molecule has 2 rings (SSSR count). The molecule has 0 aliphatic heterocycles. The van der Waals surface area contributed by atoms with Gasteiger partial charge in [0.25, 0.3) is 0 Å². The Morgan fingerprint density at radius 2 is 2.24 bits per heavy atom. The topological polar surface area (TPSA) is 62.5 Å². The Morgan fingerprint density at radius 3 is 2.94 bits per heavy atom. The van der Waals surface area contributed by atoms with Gasteiger partial charge in [-0.1, -0.05) is 24.1 Å². The lowest BCUT2D eigenvalue weighted by Gasteiger charge is -1.98. The number of nitrogens with one attached hydrogen (secondary N) is 1. The maximum absolute atomic E-state index is 11.2. The second-order valence-corrected chi connectivity index (χ2v) is 3.51. The quantitative estimate of drug-likeness (QED) is 0.620. The van der Waals surface area contributed by atoms with Crippen LogP contribution in [0.25, 0.3) is 11.0 Å². The predicted molar refractivity (Wildman–Crippen MR) is 63.7 cm³/mol. The van der Waals surface area contributed by atoms with Crippen LogP contribution >= 0.6 is 0 Å². The lowest BCUT2D eigenvalue weighted by Crippen LogP contribution is -2.14. The minimum Gasteiger partial charge on any atom is -0.478 e. The van der Waals surface area contributed by atoms with Gasteiger partial charge in [-0.15, -0.1) is 6.42 Å². The van der Waals surface area contributed by atoms with Crippen molar-refractivity contribution >= 4 is 16.9 Å². The van der Waals surface area contributed by atoms with Gasteiger partial charge in [0.2, 0.25) is 0 Å². The maximum atomic E-state index is 11.2. The number of rotatable bonds is 4. The molecule has 0 saturated carbocycles. The van der Waals surface area contributed by atoms with Crippen molar-refractivity contribution in [1.29, 1.82) is 0 Å². The Labute approximate surface area is 98.2 Å². The van der Waals surface area contributed by atoms with Crippen LogP contribution in [-0.4, -0.2) is 17.6 Å². The molecular formula is C13H11NO3. The van der Waals surface area contributed by atoms with Gasteiger partial charge in [-0.3, -0.25) is 5.32 Å². The van der Waals surface area contributed by atoms with Crippen LogP contribution in [0.4, 0.5) is 0 Å². The number of carboxylic acids is 1. The average molecular weight is 229 g/mol. The molecule has 0 aliphatic carbocycles. The van der Waals surface area contributed by atoms with Crippen molar-refractivity contribution in [2.45, 2.75) is 6.54 Å². The first-order valence-electron chi connectivity index (χ1n) is 5.12. The van der Waals surface area contributed by atoms with Crippen LogP contribution in [0.5, 0.6) is 0 Å². The first-order valence-corrected chi connectivity index (χ1v) is 5.12. The van der Waals surface area contributed by atoms with Crippen molar-refractivity contribution in [3.8, 4) is 12.3 Å². The van der Waals surface area contributed by atoms with E-state index < -0.39 is 5.97 Å². The summed E-state index contributed by atoms with van der Waals surface area (Å²) in [6.07, 6.45) is 5.11. The number of hydrogen-bond donors (Lipinski definition) is 2. The number of aromatic carboxylic acids is 1. The van der Waals surface area contributed by atoms with Crippen molar-refractivity contribution in [2.75, 3.05) is 6.54 Å². The summed E-state index contributed by atoms with van der Waals surface area (Å²) < 4.78 is 5.50. The molecule has 17 heavy (non-hydrogen) atoms.